The van der Waals surface area contributed by atoms with Gasteiger partial charge in [-0.15, -0.1) is 0 Å². The zero-order chi connectivity index (χ0) is 47.7. The molecule has 0 bridgehead atoms. The van der Waals surface area contributed by atoms with E-state index in [2.05, 4.69) is 86.8 Å². The number of ether oxygens (including phenoxy) is 2. The number of rotatable bonds is 52. The number of unbranched alkanes of at least 4 members (excludes halogenated alkanes) is 32. The highest BCUT2D eigenvalue weighted by molar-refractivity contribution is 5.70. The highest BCUT2D eigenvalue weighted by atomic mass is 16.6. The predicted octanol–water partition coefficient (Wildman–Crippen LogP) is 19.2. The molecule has 0 saturated heterocycles. The Bertz CT molecular complexity index is 1180. The van der Waals surface area contributed by atoms with Crippen LogP contribution < -0.4 is 0 Å². The summed E-state index contributed by atoms with van der Waals surface area (Å²) in [6.45, 7) is 4.05. The summed E-state index contributed by atoms with van der Waals surface area (Å²) in [6.07, 6.45) is 77.3. The number of aliphatic hydroxyl groups is 1. The molecule has 1 unspecified atom stereocenters. The summed E-state index contributed by atoms with van der Waals surface area (Å²) in [4.78, 5) is 24.5. The molecule has 0 aliphatic heterocycles. The van der Waals surface area contributed by atoms with E-state index in [-0.39, 0.29) is 25.2 Å². The molecule has 1 atom stereocenters. The van der Waals surface area contributed by atoms with Gasteiger partial charge in [0.2, 0.25) is 0 Å². The predicted molar refractivity (Wildman–Crippen MR) is 288 cm³/mol. The van der Waals surface area contributed by atoms with Gasteiger partial charge in [-0.1, -0.05) is 260 Å². The molecule has 0 fully saturated rings. The molecule has 5 nitrogen and oxygen atoms in total. The normalized spacial score (nSPS) is 12.7. The van der Waals surface area contributed by atoms with E-state index in [9.17, 15) is 14.7 Å². The van der Waals surface area contributed by atoms with Crippen molar-refractivity contribution in [1.82, 2.24) is 0 Å². The van der Waals surface area contributed by atoms with Crippen LogP contribution in [-0.4, -0.2) is 36.4 Å². The van der Waals surface area contributed by atoms with Gasteiger partial charge < -0.3 is 14.6 Å². The van der Waals surface area contributed by atoms with E-state index in [0.29, 0.717) is 12.8 Å². The number of carbonyl (C=O) groups excluding carboxylic acids is 2. The zero-order valence-corrected chi connectivity index (χ0v) is 43.7. The summed E-state index contributed by atoms with van der Waals surface area (Å²) in [6, 6.07) is 0. The van der Waals surface area contributed by atoms with Crippen LogP contribution in [0.5, 0.6) is 0 Å². The molecule has 1 N–H and O–H groups in total. The van der Waals surface area contributed by atoms with Gasteiger partial charge in [0.1, 0.15) is 6.61 Å². The monoisotopic (exact) mass is 921 g/mol. The van der Waals surface area contributed by atoms with Gasteiger partial charge in [-0.3, -0.25) is 9.59 Å². The minimum Gasteiger partial charge on any atom is -0.462 e. The van der Waals surface area contributed by atoms with Gasteiger partial charge in [0.25, 0.3) is 0 Å². The van der Waals surface area contributed by atoms with Gasteiger partial charge in [-0.05, 0) is 83.5 Å². The summed E-state index contributed by atoms with van der Waals surface area (Å²) in [5, 5.41) is 9.66. The topological polar surface area (TPSA) is 72.8 Å². The molecule has 0 aliphatic carbocycles. The number of hydrogen-bond acceptors (Lipinski definition) is 5. The molecule has 0 saturated carbocycles. The Hall–Kier alpha value is -2.66. The van der Waals surface area contributed by atoms with E-state index in [1.165, 1.54) is 186 Å². The summed E-state index contributed by atoms with van der Waals surface area (Å²) in [7, 11) is 0. The third-order valence-corrected chi connectivity index (χ3v) is 12.5. The number of aliphatic hydroxyl groups excluding tert-OH is 1. The van der Waals surface area contributed by atoms with Crippen molar-refractivity contribution in [2.75, 3.05) is 13.2 Å². The van der Waals surface area contributed by atoms with Crippen LogP contribution in [0.2, 0.25) is 0 Å². The van der Waals surface area contributed by atoms with Crippen molar-refractivity contribution in [3.05, 3.63) is 72.9 Å². The number of hydrogen-bond donors (Lipinski definition) is 1. The van der Waals surface area contributed by atoms with Crippen molar-refractivity contribution < 1.29 is 24.2 Å². The standard InChI is InChI=1S/C61H108O5/c1-3-5-7-9-11-13-15-17-19-21-23-25-27-28-29-30-31-32-34-36-38-40-42-44-46-48-50-52-54-56-61(64)66-59(57-62)58-65-60(63)55-53-51-49-47-45-43-41-39-37-35-33-26-24-22-20-18-16-14-12-10-8-6-4-2/h5,7,11,13,17,19,22-25,28-29,59,62H,3-4,6,8-10,12,14-16,18,20-21,26-27,30-58H2,1-2H3/b7-5-,13-11-,19-17-,24-22-,25-23-,29-28-. The van der Waals surface area contributed by atoms with Crippen LogP contribution in [0, 0.1) is 0 Å². The average molecular weight is 922 g/mol. The molecule has 0 aromatic heterocycles. The average Bonchev–Trinajstić information content (AvgIpc) is 3.32. The van der Waals surface area contributed by atoms with Crippen molar-refractivity contribution >= 4 is 11.9 Å². The smallest absolute Gasteiger partial charge is 0.306 e. The van der Waals surface area contributed by atoms with Crippen molar-refractivity contribution in [2.24, 2.45) is 0 Å². The lowest BCUT2D eigenvalue weighted by Gasteiger charge is -2.15. The van der Waals surface area contributed by atoms with E-state index >= 15 is 0 Å². The molecule has 0 amide bonds. The van der Waals surface area contributed by atoms with E-state index in [1.807, 2.05) is 0 Å². The summed E-state index contributed by atoms with van der Waals surface area (Å²) >= 11 is 0. The van der Waals surface area contributed by atoms with E-state index in [4.69, 9.17) is 9.47 Å². The Morgan fingerprint density at radius 1 is 0.364 bits per heavy atom. The largest absolute Gasteiger partial charge is 0.462 e. The van der Waals surface area contributed by atoms with Gasteiger partial charge in [0.15, 0.2) is 6.10 Å². The fraction of sp³-hybridized carbons (Fsp3) is 0.770. The van der Waals surface area contributed by atoms with Crippen molar-refractivity contribution in [2.45, 2.75) is 290 Å². The van der Waals surface area contributed by atoms with Crippen LogP contribution in [0.4, 0.5) is 0 Å². The maximum Gasteiger partial charge on any atom is 0.306 e. The lowest BCUT2D eigenvalue weighted by atomic mass is 10.0. The van der Waals surface area contributed by atoms with Crippen molar-refractivity contribution in [3.63, 3.8) is 0 Å². The van der Waals surface area contributed by atoms with Gasteiger partial charge >= 0.3 is 11.9 Å². The van der Waals surface area contributed by atoms with E-state index < -0.39 is 6.10 Å². The molecule has 0 spiro atoms. The van der Waals surface area contributed by atoms with Gasteiger partial charge in [0, 0.05) is 12.8 Å². The van der Waals surface area contributed by atoms with Gasteiger partial charge in [-0.25, -0.2) is 0 Å². The number of carbonyl (C=O) groups is 2. The SMILES string of the molecule is CC/C=C\C/C=C\C/C=C\C/C=C\C/C=C\CCCCCCCCCCCCCCCC(=O)OC(CO)COC(=O)CCCCCCCCCCCCC/C=C\CCCCCCCCCC. The van der Waals surface area contributed by atoms with Crippen molar-refractivity contribution in [1.29, 1.82) is 0 Å². The van der Waals surface area contributed by atoms with Crippen LogP contribution in [-0.2, 0) is 19.1 Å². The Morgan fingerprint density at radius 2 is 0.652 bits per heavy atom. The molecule has 0 aromatic rings. The lowest BCUT2D eigenvalue weighted by Crippen LogP contribution is -2.28. The molecule has 0 aromatic carbocycles. The molecule has 0 aliphatic rings. The Morgan fingerprint density at radius 3 is 1.00 bits per heavy atom. The van der Waals surface area contributed by atoms with Crippen LogP contribution >= 0.6 is 0 Å². The first kappa shape index (κ1) is 63.3. The summed E-state index contributed by atoms with van der Waals surface area (Å²) in [5.74, 6) is -0.584. The molecule has 5 heteroatoms. The molecule has 0 rings (SSSR count). The molecular weight excluding hydrogens is 813 g/mol. The van der Waals surface area contributed by atoms with Gasteiger partial charge in [-0.2, -0.15) is 0 Å². The maximum absolute atomic E-state index is 12.3. The fourth-order valence-electron chi connectivity index (χ4n) is 8.23. The van der Waals surface area contributed by atoms with Crippen LogP contribution in [0.3, 0.4) is 0 Å². The second-order valence-electron chi connectivity index (χ2n) is 19.0. The highest BCUT2D eigenvalue weighted by Crippen LogP contribution is 2.16. The third-order valence-electron chi connectivity index (χ3n) is 12.5. The van der Waals surface area contributed by atoms with Gasteiger partial charge in [0.05, 0.1) is 6.61 Å². The number of allylic oxidation sites excluding steroid dienone is 12. The highest BCUT2D eigenvalue weighted by Gasteiger charge is 2.16. The third kappa shape index (κ3) is 54.0. The first-order valence-corrected chi connectivity index (χ1v) is 28.5. The van der Waals surface area contributed by atoms with E-state index in [0.717, 1.165) is 70.6 Å². The molecule has 0 radical (unpaired) electrons. The maximum atomic E-state index is 12.3. The second kappa shape index (κ2) is 56.7. The van der Waals surface area contributed by atoms with Crippen LogP contribution in [0.15, 0.2) is 72.9 Å². The first-order valence-electron chi connectivity index (χ1n) is 28.5. The van der Waals surface area contributed by atoms with Crippen molar-refractivity contribution in [3.8, 4) is 0 Å². The molecular formula is C61H108O5. The first-order chi connectivity index (χ1) is 32.6. The van der Waals surface area contributed by atoms with Crippen LogP contribution in [0.1, 0.15) is 284 Å². The van der Waals surface area contributed by atoms with E-state index in [1.54, 1.807) is 0 Å². The second-order valence-corrected chi connectivity index (χ2v) is 19.0. The Kier molecular flexibility index (Phi) is 54.4. The minimum absolute atomic E-state index is 0.0665. The number of esters is 2. The fourth-order valence-corrected chi connectivity index (χ4v) is 8.23. The summed E-state index contributed by atoms with van der Waals surface area (Å²) < 4.78 is 10.7. The molecule has 0 heterocycles. The summed E-state index contributed by atoms with van der Waals surface area (Å²) in [5.41, 5.74) is 0. The quantitative estimate of drug-likeness (QED) is 0.0374. The zero-order valence-electron chi connectivity index (χ0n) is 43.7. The Labute approximate surface area is 410 Å². The minimum atomic E-state index is -0.776. The van der Waals surface area contributed by atoms with Crippen LogP contribution in [0.25, 0.3) is 0 Å². The molecule has 66 heavy (non-hydrogen) atoms. The lowest BCUT2D eigenvalue weighted by molar-refractivity contribution is -0.161. The molecule has 382 valence electrons. The Balaban J connectivity index is 3.48.